The van der Waals surface area contributed by atoms with Gasteiger partial charge >= 0.3 is 6.03 Å². The van der Waals surface area contributed by atoms with Gasteiger partial charge in [0.25, 0.3) is 0 Å². The van der Waals surface area contributed by atoms with Crippen LogP contribution in [0.25, 0.3) is 0 Å². The smallest absolute Gasteiger partial charge is 0.319 e. The third kappa shape index (κ3) is 7.01. The summed E-state index contributed by atoms with van der Waals surface area (Å²) >= 11 is 0. The van der Waals surface area contributed by atoms with Crippen molar-refractivity contribution >= 4 is 33.6 Å². The topological polar surface area (TPSA) is 128 Å². The van der Waals surface area contributed by atoms with Crippen molar-refractivity contribution in [3.63, 3.8) is 0 Å². The highest BCUT2D eigenvalue weighted by Gasteiger charge is 2.42. The number of hydrogen-bond donors (Lipinski definition) is 3. The number of rotatable bonds is 8. The van der Waals surface area contributed by atoms with Gasteiger partial charge < -0.3 is 20.9 Å². The maximum Gasteiger partial charge on any atom is 0.319 e. The molecule has 10 nitrogen and oxygen atoms in total. The van der Waals surface area contributed by atoms with Crippen LogP contribution in [-0.2, 0) is 26.2 Å². The van der Waals surface area contributed by atoms with E-state index in [-0.39, 0.29) is 36.9 Å². The van der Waals surface area contributed by atoms with Crippen molar-refractivity contribution in [1.82, 2.24) is 19.8 Å². The lowest BCUT2D eigenvalue weighted by Crippen LogP contribution is -2.52. The molecule has 0 bridgehead atoms. The minimum Gasteiger partial charge on any atom is -0.359 e. The molecule has 11 heteroatoms. The summed E-state index contributed by atoms with van der Waals surface area (Å²) in [6.07, 6.45) is -0.163. The average Bonchev–Trinajstić information content (AvgIpc) is 3.07. The molecule has 204 valence electrons. The molecule has 0 spiro atoms. The molecule has 1 heterocycles. The van der Waals surface area contributed by atoms with Gasteiger partial charge in [0.05, 0.1) is 10.9 Å². The van der Waals surface area contributed by atoms with Crippen molar-refractivity contribution in [2.75, 3.05) is 25.5 Å². The molecule has 4 amide bonds. The summed E-state index contributed by atoms with van der Waals surface area (Å²) in [5, 5.41) is 7.89. The highest BCUT2D eigenvalue weighted by atomic mass is 32.2. The first-order valence-corrected chi connectivity index (χ1v) is 13.9. The Morgan fingerprint density at radius 3 is 2.08 bits per heavy atom. The molecular formula is C28H31N5O5S. The first kappa shape index (κ1) is 27.8. The molecule has 3 aromatic rings. The van der Waals surface area contributed by atoms with Gasteiger partial charge in [-0.15, -0.1) is 0 Å². The lowest BCUT2D eigenvalue weighted by atomic mass is 10.1. The number of nitrogens with one attached hydrogen (secondary N) is 3. The van der Waals surface area contributed by atoms with Crippen molar-refractivity contribution in [3.8, 4) is 0 Å². The fraction of sp³-hybridized carbons (Fsp3) is 0.250. The first-order chi connectivity index (χ1) is 18.8. The Morgan fingerprint density at radius 2 is 1.46 bits per heavy atom. The van der Waals surface area contributed by atoms with Crippen molar-refractivity contribution < 1.29 is 22.8 Å². The van der Waals surface area contributed by atoms with Crippen LogP contribution in [0.3, 0.4) is 0 Å². The van der Waals surface area contributed by atoms with Gasteiger partial charge in [0, 0.05) is 38.8 Å². The van der Waals surface area contributed by atoms with Gasteiger partial charge in [-0.1, -0.05) is 66.7 Å². The van der Waals surface area contributed by atoms with E-state index in [4.69, 9.17) is 0 Å². The number of para-hydroxylation sites is 1. The predicted octanol–water partition coefficient (Wildman–Crippen LogP) is 2.41. The number of carbonyl (C=O) groups is 3. The quantitative estimate of drug-likeness (QED) is 0.398. The largest absolute Gasteiger partial charge is 0.359 e. The number of amides is 4. The maximum absolute atomic E-state index is 13.9. The first-order valence-electron chi connectivity index (χ1n) is 12.5. The monoisotopic (exact) mass is 549 g/mol. The van der Waals surface area contributed by atoms with Gasteiger partial charge in [0.2, 0.25) is 21.8 Å². The zero-order valence-electron chi connectivity index (χ0n) is 21.5. The number of carbonyl (C=O) groups excluding carboxylic acids is 3. The van der Waals surface area contributed by atoms with E-state index >= 15 is 0 Å². The van der Waals surface area contributed by atoms with E-state index in [1.165, 1.54) is 24.1 Å². The molecule has 1 aliphatic heterocycles. The molecule has 0 aromatic heterocycles. The maximum atomic E-state index is 13.9. The fourth-order valence-electron chi connectivity index (χ4n) is 4.47. The van der Waals surface area contributed by atoms with E-state index in [0.717, 1.165) is 9.87 Å². The zero-order chi connectivity index (χ0) is 27.8. The van der Waals surface area contributed by atoms with E-state index in [1.807, 2.05) is 30.3 Å². The summed E-state index contributed by atoms with van der Waals surface area (Å²) in [4.78, 5) is 40.7. The number of benzene rings is 3. The van der Waals surface area contributed by atoms with Crippen LogP contribution in [0.15, 0.2) is 95.9 Å². The number of anilines is 1. The van der Waals surface area contributed by atoms with Crippen molar-refractivity contribution in [2.45, 2.75) is 29.9 Å². The Morgan fingerprint density at radius 1 is 0.872 bits per heavy atom. The zero-order valence-corrected chi connectivity index (χ0v) is 22.3. The molecule has 0 aliphatic carbocycles. The minimum atomic E-state index is -4.13. The summed E-state index contributed by atoms with van der Waals surface area (Å²) in [5.74, 6) is -0.816. The summed E-state index contributed by atoms with van der Waals surface area (Å²) in [5.41, 5.74) is 1.35. The van der Waals surface area contributed by atoms with Crippen LogP contribution in [-0.4, -0.2) is 67.7 Å². The summed E-state index contributed by atoms with van der Waals surface area (Å²) < 4.78 is 28.9. The number of sulfonamides is 1. The summed E-state index contributed by atoms with van der Waals surface area (Å²) in [6.45, 7) is -0.196. The van der Waals surface area contributed by atoms with Gasteiger partial charge in [-0.3, -0.25) is 9.59 Å². The third-order valence-corrected chi connectivity index (χ3v) is 8.35. The van der Waals surface area contributed by atoms with E-state index in [9.17, 15) is 22.8 Å². The normalized spacial score (nSPS) is 18.2. The van der Waals surface area contributed by atoms with Gasteiger partial charge in [-0.25, -0.2) is 13.2 Å². The van der Waals surface area contributed by atoms with Gasteiger partial charge in [0.1, 0.15) is 6.04 Å². The van der Waals surface area contributed by atoms with Crippen molar-refractivity contribution in [2.24, 2.45) is 0 Å². The lowest BCUT2D eigenvalue weighted by molar-refractivity contribution is -0.133. The minimum absolute atomic E-state index is 0.0309. The molecule has 2 unspecified atom stereocenters. The van der Waals surface area contributed by atoms with Gasteiger partial charge in [0.15, 0.2) is 0 Å². The molecule has 0 radical (unpaired) electrons. The fourth-order valence-corrected chi connectivity index (χ4v) is 6.12. The van der Waals surface area contributed by atoms with Crippen LogP contribution in [0, 0.1) is 0 Å². The Balaban J connectivity index is 1.71. The Kier molecular flexibility index (Phi) is 8.95. The van der Waals surface area contributed by atoms with E-state index in [2.05, 4.69) is 16.0 Å². The average molecular weight is 550 g/mol. The van der Waals surface area contributed by atoms with Crippen LogP contribution < -0.4 is 16.0 Å². The van der Waals surface area contributed by atoms with E-state index < -0.39 is 34.0 Å². The molecule has 1 fully saturated rings. The van der Waals surface area contributed by atoms with Gasteiger partial charge in [-0.05, 0) is 29.8 Å². The molecule has 39 heavy (non-hydrogen) atoms. The van der Waals surface area contributed by atoms with E-state index in [1.54, 1.807) is 48.5 Å². The van der Waals surface area contributed by atoms with Crippen LogP contribution >= 0.6 is 0 Å². The lowest BCUT2D eigenvalue weighted by Gasteiger charge is -2.30. The van der Waals surface area contributed by atoms with Crippen LogP contribution in [0.2, 0.25) is 0 Å². The van der Waals surface area contributed by atoms with Gasteiger partial charge in [-0.2, -0.15) is 4.31 Å². The summed E-state index contributed by atoms with van der Waals surface area (Å²) in [7, 11) is -2.66. The third-order valence-electron chi connectivity index (χ3n) is 6.41. The van der Waals surface area contributed by atoms with Crippen LogP contribution in [0.1, 0.15) is 12.0 Å². The van der Waals surface area contributed by atoms with Crippen molar-refractivity contribution in [3.05, 3.63) is 96.6 Å². The second-order valence-electron chi connectivity index (χ2n) is 9.14. The molecule has 3 N–H and O–H groups in total. The highest BCUT2D eigenvalue weighted by molar-refractivity contribution is 7.89. The second kappa shape index (κ2) is 12.5. The second-order valence-corrected chi connectivity index (χ2v) is 11.0. The molecular weight excluding hydrogens is 518 g/mol. The SMILES string of the molecule is CNC(=O)CC1CN(Cc2ccccc2)C(=O)C(NC(=O)Nc2ccccc2)CN1S(=O)(=O)c1ccccc1. The van der Waals surface area contributed by atoms with Crippen LogP contribution in [0.4, 0.5) is 10.5 Å². The standard InChI is InChI=1S/C28H31N5O5S/c1-29-26(34)17-23-19-32(18-21-11-5-2-6-12-21)27(35)25(31-28(36)30-22-13-7-3-8-14-22)20-33(23)39(37,38)24-15-9-4-10-16-24/h2-16,23,25H,17-20H2,1H3,(H,29,34)(H2,30,31,36). The Labute approximate surface area is 228 Å². The molecule has 4 rings (SSSR count). The molecule has 1 saturated heterocycles. The predicted molar refractivity (Wildman–Crippen MR) is 147 cm³/mol. The number of nitrogens with zero attached hydrogens (tertiary/aromatic N) is 2. The number of hydrogen-bond acceptors (Lipinski definition) is 5. The molecule has 3 aromatic carbocycles. The van der Waals surface area contributed by atoms with Crippen LogP contribution in [0.5, 0.6) is 0 Å². The highest BCUT2D eigenvalue weighted by Crippen LogP contribution is 2.25. The Hall–Kier alpha value is -4.22. The van der Waals surface area contributed by atoms with Crippen molar-refractivity contribution in [1.29, 1.82) is 0 Å². The Bertz CT molecular complexity index is 1390. The molecule has 0 saturated carbocycles. The summed E-state index contributed by atoms with van der Waals surface area (Å²) in [6, 6.07) is 23.1. The molecule has 2 atom stereocenters. The molecule has 1 aliphatic rings. The van der Waals surface area contributed by atoms with E-state index in [0.29, 0.717) is 5.69 Å². The number of urea groups is 1.